The molecule has 0 bridgehead atoms. The van der Waals surface area contributed by atoms with Gasteiger partial charge in [-0.05, 0) is 25.3 Å². The summed E-state index contributed by atoms with van der Waals surface area (Å²) in [5.74, 6) is 0.683. The van der Waals surface area contributed by atoms with Crippen LogP contribution in [0.4, 0.5) is 0 Å². The number of hydrogen-bond donors (Lipinski definition) is 2. The van der Waals surface area contributed by atoms with Crippen LogP contribution in [-0.4, -0.2) is 17.6 Å². The zero-order chi connectivity index (χ0) is 9.80. The number of nitrogens with two attached hydrogens (primary N) is 1. The van der Waals surface area contributed by atoms with E-state index in [1.807, 2.05) is 11.7 Å². The Bertz CT molecular complexity index is 260. The van der Waals surface area contributed by atoms with E-state index in [2.05, 4.69) is 10.3 Å². The van der Waals surface area contributed by atoms with E-state index in [9.17, 15) is 0 Å². The third-order valence-electron chi connectivity index (χ3n) is 2.98. The summed E-state index contributed by atoms with van der Waals surface area (Å²) < 4.78 is 0. The average molecular weight is 211 g/mol. The van der Waals surface area contributed by atoms with Crippen LogP contribution in [0.3, 0.4) is 0 Å². The number of aromatic nitrogens is 1. The van der Waals surface area contributed by atoms with E-state index in [-0.39, 0.29) is 0 Å². The lowest BCUT2D eigenvalue weighted by atomic mass is 10.0. The Morgan fingerprint density at radius 3 is 3.21 bits per heavy atom. The smallest absolute Gasteiger partial charge is 0.0794 e. The normalized spacial score (nSPS) is 26.9. The summed E-state index contributed by atoms with van der Waals surface area (Å²) in [5, 5.41) is 3.58. The lowest BCUT2D eigenvalue weighted by molar-refractivity contribution is 0.407. The first-order valence-electron chi connectivity index (χ1n) is 5.21. The molecule has 2 atom stereocenters. The van der Waals surface area contributed by atoms with Gasteiger partial charge in [-0.1, -0.05) is 6.42 Å². The van der Waals surface area contributed by atoms with Crippen molar-refractivity contribution >= 4 is 11.3 Å². The molecular weight excluding hydrogens is 194 g/mol. The molecule has 1 aliphatic rings. The van der Waals surface area contributed by atoms with Gasteiger partial charge in [0.1, 0.15) is 0 Å². The van der Waals surface area contributed by atoms with Gasteiger partial charge in [0.05, 0.1) is 5.51 Å². The van der Waals surface area contributed by atoms with E-state index in [1.54, 1.807) is 11.3 Å². The minimum absolute atomic E-state index is 0.627. The molecule has 2 rings (SSSR count). The van der Waals surface area contributed by atoms with Crippen LogP contribution in [0.5, 0.6) is 0 Å². The summed E-state index contributed by atoms with van der Waals surface area (Å²) in [6, 6.07) is 0.627. The molecule has 14 heavy (non-hydrogen) atoms. The predicted octanol–water partition coefficient (Wildman–Crippen LogP) is 1.36. The SMILES string of the molecule is NCC1CCCC1NCc1cncs1. The molecule has 0 saturated heterocycles. The van der Waals surface area contributed by atoms with Crippen LogP contribution < -0.4 is 11.1 Å². The lowest BCUT2D eigenvalue weighted by Gasteiger charge is -2.18. The van der Waals surface area contributed by atoms with Crippen molar-refractivity contribution in [3.05, 3.63) is 16.6 Å². The van der Waals surface area contributed by atoms with Crippen molar-refractivity contribution in [2.45, 2.75) is 31.8 Å². The van der Waals surface area contributed by atoms with Gasteiger partial charge in [0, 0.05) is 23.7 Å². The zero-order valence-electron chi connectivity index (χ0n) is 8.28. The molecular formula is C10H17N3S. The van der Waals surface area contributed by atoms with Gasteiger partial charge in [0.2, 0.25) is 0 Å². The molecule has 78 valence electrons. The lowest BCUT2D eigenvalue weighted by Crippen LogP contribution is -2.35. The molecule has 0 aliphatic heterocycles. The molecule has 2 unspecified atom stereocenters. The van der Waals surface area contributed by atoms with Crippen molar-refractivity contribution in [3.63, 3.8) is 0 Å². The van der Waals surface area contributed by atoms with Gasteiger partial charge in [-0.15, -0.1) is 11.3 Å². The fourth-order valence-electron chi connectivity index (χ4n) is 2.15. The molecule has 1 aromatic heterocycles. The first-order valence-corrected chi connectivity index (χ1v) is 6.09. The molecule has 1 fully saturated rings. The maximum absolute atomic E-state index is 5.72. The Labute approximate surface area is 88.7 Å². The molecule has 3 N–H and O–H groups in total. The van der Waals surface area contributed by atoms with E-state index >= 15 is 0 Å². The van der Waals surface area contributed by atoms with Gasteiger partial charge >= 0.3 is 0 Å². The van der Waals surface area contributed by atoms with Crippen LogP contribution in [0.25, 0.3) is 0 Å². The minimum Gasteiger partial charge on any atom is -0.330 e. The molecule has 0 aromatic carbocycles. The molecule has 1 heterocycles. The summed E-state index contributed by atoms with van der Waals surface area (Å²) in [6.07, 6.45) is 5.82. The van der Waals surface area contributed by atoms with Crippen LogP contribution >= 0.6 is 11.3 Å². The third-order valence-corrected chi connectivity index (χ3v) is 3.76. The van der Waals surface area contributed by atoms with Gasteiger partial charge in [-0.3, -0.25) is 4.98 Å². The maximum atomic E-state index is 5.72. The molecule has 1 aromatic rings. The number of nitrogens with one attached hydrogen (secondary N) is 1. The first-order chi connectivity index (χ1) is 6.90. The van der Waals surface area contributed by atoms with Crippen molar-refractivity contribution in [2.75, 3.05) is 6.54 Å². The molecule has 1 saturated carbocycles. The van der Waals surface area contributed by atoms with Crippen molar-refractivity contribution in [2.24, 2.45) is 11.7 Å². The Balaban J connectivity index is 1.80. The third kappa shape index (κ3) is 2.32. The summed E-state index contributed by atoms with van der Waals surface area (Å²) in [4.78, 5) is 5.37. The number of rotatable bonds is 4. The van der Waals surface area contributed by atoms with Gasteiger partial charge in [-0.25, -0.2) is 0 Å². The Kier molecular flexibility index (Phi) is 3.50. The summed E-state index contributed by atoms with van der Waals surface area (Å²) in [6.45, 7) is 1.77. The van der Waals surface area contributed by atoms with Crippen molar-refractivity contribution in [3.8, 4) is 0 Å². The van der Waals surface area contributed by atoms with E-state index < -0.39 is 0 Å². The van der Waals surface area contributed by atoms with Gasteiger partial charge in [0.25, 0.3) is 0 Å². The summed E-state index contributed by atoms with van der Waals surface area (Å²) in [7, 11) is 0. The second kappa shape index (κ2) is 4.87. The highest BCUT2D eigenvalue weighted by Gasteiger charge is 2.25. The van der Waals surface area contributed by atoms with Gasteiger partial charge in [-0.2, -0.15) is 0 Å². The molecule has 3 nitrogen and oxygen atoms in total. The van der Waals surface area contributed by atoms with Crippen LogP contribution in [0.2, 0.25) is 0 Å². The highest BCUT2D eigenvalue weighted by Crippen LogP contribution is 2.24. The highest BCUT2D eigenvalue weighted by atomic mass is 32.1. The van der Waals surface area contributed by atoms with E-state index in [0.717, 1.165) is 13.1 Å². The largest absolute Gasteiger partial charge is 0.330 e. The topological polar surface area (TPSA) is 50.9 Å². The Hall–Kier alpha value is -0.450. The quantitative estimate of drug-likeness (QED) is 0.790. The fourth-order valence-corrected chi connectivity index (χ4v) is 2.69. The van der Waals surface area contributed by atoms with Gasteiger partial charge in [0.15, 0.2) is 0 Å². The number of thiazole rings is 1. The van der Waals surface area contributed by atoms with Crippen LogP contribution in [-0.2, 0) is 6.54 Å². The van der Waals surface area contributed by atoms with Crippen molar-refractivity contribution < 1.29 is 0 Å². The average Bonchev–Trinajstić information content (AvgIpc) is 2.85. The Morgan fingerprint density at radius 2 is 2.50 bits per heavy atom. The monoisotopic (exact) mass is 211 g/mol. The summed E-state index contributed by atoms with van der Waals surface area (Å²) >= 11 is 1.71. The maximum Gasteiger partial charge on any atom is 0.0794 e. The Morgan fingerprint density at radius 1 is 1.57 bits per heavy atom. The number of hydrogen-bond acceptors (Lipinski definition) is 4. The first kappa shape index (κ1) is 10.1. The molecule has 0 spiro atoms. The van der Waals surface area contributed by atoms with Crippen LogP contribution in [0.1, 0.15) is 24.1 Å². The van der Waals surface area contributed by atoms with E-state index in [4.69, 9.17) is 5.73 Å². The minimum atomic E-state index is 0.627. The molecule has 0 radical (unpaired) electrons. The summed E-state index contributed by atoms with van der Waals surface area (Å²) in [5.41, 5.74) is 7.60. The molecule has 1 aliphatic carbocycles. The van der Waals surface area contributed by atoms with Crippen molar-refractivity contribution in [1.82, 2.24) is 10.3 Å². The molecule has 4 heteroatoms. The second-order valence-electron chi connectivity index (χ2n) is 3.88. The number of nitrogens with zero attached hydrogens (tertiary/aromatic N) is 1. The standard InChI is InChI=1S/C10H17N3S/c11-4-8-2-1-3-10(8)13-6-9-5-12-7-14-9/h5,7-8,10,13H,1-4,6,11H2. The van der Waals surface area contributed by atoms with E-state index in [0.29, 0.717) is 12.0 Å². The second-order valence-corrected chi connectivity index (χ2v) is 4.85. The highest BCUT2D eigenvalue weighted by molar-refractivity contribution is 7.09. The zero-order valence-corrected chi connectivity index (χ0v) is 9.09. The van der Waals surface area contributed by atoms with Gasteiger partial charge < -0.3 is 11.1 Å². The predicted molar refractivity (Wildman–Crippen MR) is 59.1 cm³/mol. The van der Waals surface area contributed by atoms with Crippen LogP contribution in [0, 0.1) is 5.92 Å². The van der Waals surface area contributed by atoms with Crippen molar-refractivity contribution in [1.29, 1.82) is 0 Å². The van der Waals surface area contributed by atoms with Crippen LogP contribution in [0.15, 0.2) is 11.7 Å². The fraction of sp³-hybridized carbons (Fsp3) is 0.700. The van der Waals surface area contributed by atoms with E-state index in [1.165, 1.54) is 24.1 Å². The molecule has 0 amide bonds.